The predicted molar refractivity (Wildman–Crippen MR) is 69.2 cm³/mol. The highest BCUT2D eigenvalue weighted by Crippen LogP contribution is 2.15. The Bertz CT molecular complexity index is 599. The molecule has 1 heterocycles. The fourth-order valence-corrected chi connectivity index (χ4v) is 2.36. The normalized spacial score (nSPS) is 11.0. The molecule has 3 N–H and O–H groups in total. The van der Waals surface area contributed by atoms with Crippen molar-refractivity contribution in [2.45, 2.75) is 6.42 Å². The van der Waals surface area contributed by atoms with Gasteiger partial charge in [0.2, 0.25) is 5.91 Å². The van der Waals surface area contributed by atoms with Gasteiger partial charge in [0, 0.05) is 12.6 Å². The van der Waals surface area contributed by atoms with Crippen LogP contribution in [0.3, 0.4) is 0 Å². The number of aromatic nitrogens is 1. The molecule has 1 aromatic heterocycles. The van der Waals surface area contributed by atoms with E-state index in [4.69, 9.17) is 15.6 Å². The maximum atomic E-state index is 11.5. The number of aromatic carboxylic acids is 1. The highest BCUT2D eigenvalue weighted by molar-refractivity contribution is 7.91. The Balaban J connectivity index is 2.57. The Kier molecular flexibility index (Phi) is 5.44. The van der Waals surface area contributed by atoms with Crippen LogP contribution in [0.15, 0.2) is 18.3 Å². The lowest BCUT2D eigenvalue weighted by Gasteiger charge is -2.08. The number of pyridine rings is 1. The highest BCUT2D eigenvalue weighted by atomic mass is 32.2. The number of carbonyl (C=O) groups is 2. The van der Waals surface area contributed by atoms with Gasteiger partial charge in [-0.1, -0.05) is 0 Å². The minimum Gasteiger partial charge on any atom is -0.490 e. The summed E-state index contributed by atoms with van der Waals surface area (Å²) in [5.41, 5.74) is 4.57. The zero-order valence-electron chi connectivity index (χ0n) is 10.5. The molecule has 0 atom stereocenters. The van der Waals surface area contributed by atoms with Gasteiger partial charge in [-0.2, -0.15) is 0 Å². The van der Waals surface area contributed by atoms with E-state index in [0.29, 0.717) is 0 Å². The summed E-state index contributed by atoms with van der Waals surface area (Å²) in [6, 6.07) is 2.86. The molecule has 0 saturated carbocycles. The smallest absolute Gasteiger partial charge is 0.358 e. The van der Waals surface area contributed by atoms with Crippen LogP contribution in [-0.4, -0.2) is 48.5 Å². The van der Waals surface area contributed by atoms with Gasteiger partial charge in [-0.25, -0.2) is 18.2 Å². The number of primary amides is 1. The highest BCUT2D eigenvalue weighted by Gasteiger charge is 2.15. The third-order valence-corrected chi connectivity index (χ3v) is 3.90. The number of amides is 1. The number of rotatable bonds is 8. The molecule has 1 rings (SSSR count). The molecular formula is C11H14N2O6S. The molecule has 0 saturated heterocycles. The van der Waals surface area contributed by atoms with E-state index in [0.717, 1.165) is 0 Å². The number of sulfone groups is 1. The topological polar surface area (TPSA) is 137 Å². The number of nitrogens with zero attached hydrogens (tertiary/aromatic N) is 1. The first kappa shape index (κ1) is 15.9. The molecule has 0 unspecified atom stereocenters. The molecule has 1 amide bonds. The number of carbonyl (C=O) groups excluding carboxylic acids is 1. The second-order valence-corrected chi connectivity index (χ2v) is 6.18. The van der Waals surface area contributed by atoms with Crippen LogP contribution in [0.25, 0.3) is 0 Å². The summed E-state index contributed by atoms with van der Waals surface area (Å²) < 4.78 is 28.2. The summed E-state index contributed by atoms with van der Waals surface area (Å²) in [6.07, 6.45) is 1.04. The molecule has 9 heteroatoms. The van der Waals surface area contributed by atoms with Crippen molar-refractivity contribution in [2.75, 3.05) is 18.1 Å². The zero-order chi connectivity index (χ0) is 15.2. The van der Waals surface area contributed by atoms with E-state index < -0.39 is 21.7 Å². The molecular weight excluding hydrogens is 288 g/mol. The van der Waals surface area contributed by atoms with Crippen molar-refractivity contribution < 1.29 is 27.9 Å². The van der Waals surface area contributed by atoms with Gasteiger partial charge in [0.05, 0.1) is 11.5 Å². The van der Waals surface area contributed by atoms with Crippen molar-refractivity contribution in [3.63, 3.8) is 0 Å². The zero-order valence-corrected chi connectivity index (χ0v) is 11.3. The monoisotopic (exact) mass is 302 g/mol. The summed E-state index contributed by atoms with van der Waals surface area (Å²) in [4.78, 5) is 25.0. The summed E-state index contributed by atoms with van der Waals surface area (Å²) in [6.45, 7) is -0.229. The van der Waals surface area contributed by atoms with Crippen LogP contribution in [0, 0.1) is 0 Å². The number of carboxylic acid groups (broad SMARTS) is 1. The third-order valence-electron chi connectivity index (χ3n) is 2.28. The maximum absolute atomic E-state index is 11.5. The summed E-state index contributed by atoms with van der Waals surface area (Å²) >= 11 is 0. The van der Waals surface area contributed by atoms with Crippen molar-refractivity contribution in [2.24, 2.45) is 5.73 Å². The molecule has 0 bridgehead atoms. The molecule has 0 aliphatic heterocycles. The van der Waals surface area contributed by atoms with E-state index >= 15 is 0 Å². The fourth-order valence-electron chi connectivity index (χ4n) is 1.30. The van der Waals surface area contributed by atoms with E-state index in [9.17, 15) is 18.0 Å². The van der Waals surface area contributed by atoms with Crippen LogP contribution in [0.2, 0.25) is 0 Å². The standard InChI is InChI=1S/C11H14N2O6S/c12-9(14)3-6-20(17,18)7-5-19-8-2-1-4-13-10(8)11(15)16/h1-2,4H,3,5-7H2,(H2,12,14)(H,15,16). The van der Waals surface area contributed by atoms with Gasteiger partial charge in [0.25, 0.3) is 0 Å². The fraction of sp³-hybridized carbons (Fsp3) is 0.364. The Morgan fingerprint density at radius 2 is 2.05 bits per heavy atom. The largest absolute Gasteiger partial charge is 0.490 e. The second-order valence-electron chi connectivity index (χ2n) is 3.87. The Labute approximate surface area is 115 Å². The average Bonchev–Trinajstić information content (AvgIpc) is 2.37. The number of nitrogens with two attached hydrogens (primary N) is 1. The molecule has 0 radical (unpaired) electrons. The predicted octanol–water partition coefficient (Wildman–Crippen LogP) is -0.551. The second kappa shape index (κ2) is 6.85. The number of hydrogen-bond acceptors (Lipinski definition) is 6. The quantitative estimate of drug-likeness (QED) is 0.657. The van der Waals surface area contributed by atoms with Crippen LogP contribution in [-0.2, 0) is 14.6 Å². The molecule has 0 spiro atoms. The molecule has 0 aromatic carbocycles. The molecule has 1 aromatic rings. The van der Waals surface area contributed by atoms with Crippen LogP contribution < -0.4 is 10.5 Å². The van der Waals surface area contributed by atoms with Gasteiger partial charge >= 0.3 is 5.97 Å². The lowest BCUT2D eigenvalue weighted by molar-refractivity contribution is -0.117. The minimum absolute atomic E-state index is 0.00917. The number of ether oxygens (including phenoxy) is 1. The van der Waals surface area contributed by atoms with Crippen molar-refractivity contribution in [1.82, 2.24) is 4.98 Å². The molecule has 8 nitrogen and oxygen atoms in total. The third kappa shape index (κ3) is 5.22. The SMILES string of the molecule is NC(=O)CCS(=O)(=O)CCOc1cccnc1C(=O)O. The van der Waals surface area contributed by atoms with Gasteiger partial charge in [0.15, 0.2) is 21.3 Å². The first-order valence-electron chi connectivity index (χ1n) is 5.61. The molecule has 0 aliphatic rings. The molecule has 110 valence electrons. The lowest BCUT2D eigenvalue weighted by Crippen LogP contribution is -2.22. The van der Waals surface area contributed by atoms with Gasteiger partial charge in [-0.05, 0) is 12.1 Å². The summed E-state index contributed by atoms with van der Waals surface area (Å²) in [5.74, 6) is -2.67. The van der Waals surface area contributed by atoms with Crippen molar-refractivity contribution in [1.29, 1.82) is 0 Å². The summed E-state index contributed by atoms with van der Waals surface area (Å²) in [7, 11) is -3.47. The van der Waals surface area contributed by atoms with Gasteiger partial charge in [-0.3, -0.25) is 4.79 Å². The maximum Gasteiger partial charge on any atom is 0.358 e. The molecule has 20 heavy (non-hydrogen) atoms. The van der Waals surface area contributed by atoms with Crippen LogP contribution in [0.4, 0.5) is 0 Å². The Hall–Kier alpha value is -2.16. The average molecular weight is 302 g/mol. The number of hydrogen-bond donors (Lipinski definition) is 2. The van der Waals surface area contributed by atoms with Crippen LogP contribution in [0.5, 0.6) is 5.75 Å². The first-order valence-corrected chi connectivity index (χ1v) is 7.44. The van der Waals surface area contributed by atoms with Crippen molar-refractivity contribution in [3.05, 3.63) is 24.0 Å². The van der Waals surface area contributed by atoms with E-state index in [2.05, 4.69) is 4.98 Å². The van der Waals surface area contributed by atoms with Crippen LogP contribution >= 0.6 is 0 Å². The van der Waals surface area contributed by atoms with E-state index in [1.165, 1.54) is 18.3 Å². The lowest BCUT2D eigenvalue weighted by atomic mass is 10.3. The van der Waals surface area contributed by atoms with E-state index in [1.54, 1.807) is 0 Å². The minimum atomic E-state index is -3.47. The van der Waals surface area contributed by atoms with Crippen molar-refractivity contribution >= 4 is 21.7 Å². The number of carboxylic acids is 1. The van der Waals surface area contributed by atoms with Gasteiger partial charge in [0.1, 0.15) is 6.61 Å². The summed E-state index contributed by atoms with van der Waals surface area (Å²) in [5, 5.41) is 8.86. The van der Waals surface area contributed by atoms with Gasteiger partial charge < -0.3 is 15.6 Å². The van der Waals surface area contributed by atoms with E-state index in [-0.39, 0.29) is 36.0 Å². The van der Waals surface area contributed by atoms with Crippen LogP contribution in [0.1, 0.15) is 16.9 Å². The van der Waals surface area contributed by atoms with E-state index in [1.807, 2.05) is 0 Å². The Morgan fingerprint density at radius 1 is 1.35 bits per heavy atom. The molecule has 0 aliphatic carbocycles. The first-order chi connectivity index (χ1) is 9.32. The molecule has 0 fully saturated rings. The van der Waals surface area contributed by atoms with Crippen molar-refractivity contribution in [3.8, 4) is 5.75 Å². The Morgan fingerprint density at radius 3 is 2.65 bits per heavy atom. The van der Waals surface area contributed by atoms with Gasteiger partial charge in [-0.15, -0.1) is 0 Å².